The van der Waals surface area contributed by atoms with Gasteiger partial charge < -0.3 is 5.11 Å². The Hall–Kier alpha value is -2.02. The lowest BCUT2D eigenvalue weighted by Gasteiger charge is -2.18. The Bertz CT molecular complexity index is 860. The summed E-state index contributed by atoms with van der Waals surface area (Å²) >= 11 is 0. The standard InChI is InChI=1S/C18H25N3O3S/c1-18(2,3)17-16(12-21(19-17)14-8-4-5-9-14)25(23,24)20-13-7-6-10-15(22)11-13/h6-7,10-12,14,20,22H,4-5,8-9H2,1-3H3. The minimum absolute atomic E-state index is 0.0119. The molecule has 0 bridgehead atoms. The zero-order chi connectivity index (χ0) is 18.2. The first-order valence-electron chi connectivity index (χ1n) is 8.58. The third-order valence-electron chi connectivity index (χ3n) is 4.50. The van der Waals surface area contributed by atoms with Crippen LogP contribution in [0.25, 0.3) is 0 Å². The van der Waals surface area contributed by atoms with Crippen LogP contribution in [0.4, 0.5) is 5.69 Å². The van der Waals surface area contributed by atoms with E-state index < -0.39 is 15.4 Å². The van der Waals surface area contributed by atoms with Gasteiger partial charge in [0, 0.05) is 17.7 Å². The zero-order valence-corrected chi connectivity index (χ0v) is 15.7. The maximum Gasteiger partial charge on any atom is 0.265 e. The van der Waals surface area contributed by atoms with Gasteiger partial charge in [0.2, 0.25) is 0 Å². The van der Waals surface area contributed by atoms with Crippen LogP contribution in [0.15, 0.2) is 35.4 Å². The van der Waals surface area contributed by atoms with Crippen molar-refractivity contribution in [2.45, 2.75) is 62.8 Å². The molecule has 0 aliphatic heterocycles. The van der Waals surface area contributed by atoms with E-state index in [0.29, 0.717) is 11.4 Å². The number of rotatable bonds is 4. The van der Waals surface area contributed by atoms with Crippen molar-refractivity contribution < 1.29 is 13.5 Å². The van der Waals surface area contributed by atoms with Crippen molar-refractivity contribution in [3.8, 4) is 5.75 Å². The molecule has 1 aromatic heterocycles. The van der Waals surface area contributed by atoms with E-state index in [1.807, 2.05) is 25.5 Å². The second-order valence-electron chi connectivity index (χ2n) is 7.67. The van der Waals surface area contributed by atoms with Crippen LogP contribution < -0.4 is 4.72 Å². The van der Waals surface area contributed by atoms with Gasteiger partial charge >= 0.3 is 0 Å². The van der Waals surface area contributed by atoms with E-state index in [4.69, 9.17) is 0 Å². The molecule has 0 saturated heterocycles. The van der Waals surface area contributed by atoms with Crippen LogP contribution in [-0.4, -0.2) is 23.3 Å². The highest BCUT2D eigenvalue weighted by Gasteiger charge is 2.32. The predicted molar refractivity (Wildman–Crippen MR) is 97.3 cm³/mol. The number of sulfonamides is 1. The molecule has 1 fully saturated rings. The summed E-state index contributed by atoms with van der Waals surface area (Å²) in [5.41, 5.74) is 0.493. The summed E-state index contributed by atoms with van der Waals surface area (Å²) in [6.45, 7) is 5.88. The number of benzene rings is 1. The van der Waals surface area contributed by atoms with Gasteiger partial charge in [0.25, 0.3) is 10.0 Å². The van der Waals surface area contributed by atoms with E-state index in [1.165, 1.54) is 12.1 Å². The topological polar surface area (TPSA) is 84.2 Å². The van der Waals surface area contributed by atoms with Crippen molar-refractivity contribution in [2.75, 3.05) is 4.72 Å². The molecule has 1 saturated carbocycles. The number of aromatic hydroxyl groups is 1. The lowest BCUT2D eigenvalue weighted by atomic mass is 9.92. The predicted octanol–water partition coefficient (Wildman–Crippen LogP) is 3.80. The summed E-state index contributed by atoms with van der Waals surface area (Å²) in [5, 5.41) is 14.2. The number of anilines is 1. The van der Waals surface area contributed by atoms with Crippen LogP contribution in [0.2, 0.25) is 0 Å². The molecule has 0 spiro atoms. The highest BCUT2D eigenvalue weighted by Crippen LogP contribution is 2.34. The molecule has 0 atom stereocenters. The van der Waals surface area contributed by atoms with Crippen LogP contribution in [-0.2, 0) is 15.4 Å². The maximum atomic E-state index is 13.0. The van der Waals surface area contributed by atoms with Crippen molar-refractivity contribution in [3.05, 3.63) is 36.2 Å². The SMILES string of the molecule is CC(C)(C)c1nn(C2CCCC2)cc1S(=O)(=O)Nc1cccc(O)c1. The molecule has 0 unspecified atom stereocenters. The van der Waals surface area contributed by atoms with Crippen molar-refractivity contribution in [1.82, 2.24) is 9.78 Å². The molecule has 1 aliphatic rings. The van der Waals surface area contributed by atoms with Crippen LogP contribution >= 0.6 is 0 Å². The van der Waals surface area contributed by atoms with Gasteiger partial charge in [-0.25, -0.2) is 8.42 Å². The molecular formula is C18H25N3O3S. The molecule has 6 nitrogen and oxygen atoms in total. The van der Waals surface area contributed by atoms with Gasteiger partial charge in [0.05, 0.1) is 17.4 Å². The molecule has 2 N–H and O–H groups in total. The first-order valence-corrected chi connectivity index (χ1v) is 10.1. The Labute approximate surface area is 148 Å². The van der Waals surface area contributed by atoms with E-state index in [1.54, 1.807) is 18.3 Å². The molecule has 7 heteroatoms. The number of aromatic nitrogens is 2. The van der Waals surface area contributed by atoms with Gasteiger partial charge in [0.15, 0.2) is 0 Å². The van der Waals surface area contributed by atoms with E-state index in [9.17, 15) is 13.5 Å². The molecule has 136 valence electrons. The van der Waals surface area contributed by atoms with Crippen molar-refractivity contribution in [1.29, 1.82) is 0 Å². The monoisotopic (exact) mass is 363 g/mol. The highest BCUT2D eigenvalue weighted by molar-refractivity contribution is 7.92. The quantitative estimate of drug-likeness (QED) is 0.865. The fourth-order valence-electron chi connectivity index (χ4n) is 3.23. The second-order valence-corrected chi connectivity index (χ2v) is 9.32. The number of hydrogen-bond donors (Lipinski definition) is 2. The van der Waals surface area contributed by atoms with Gasteiger partial charge in [-0.2, -0.15) is 5.10 Å². The lowest BCUT2D eigenvalue weighted by molar-refractivity contribution is 0.448. The fourth-order valence-corrected chi connectivity index (χ4v) is 4.62. The van der Waals surface area contributed by atoms with Gasteiger partial charge in [-0.3, -0.25) is 9.40 Å². The Kier molecular flexibility index (Phi) is 4.53. The fraction of sp³-hybridized carbons (Fsp3) is 0.500. The maximum absolute atomic E-state index is 13.0. The molecule has 3 rings (SSSR count). The number of phenols is 1. The summed E-state index contributed by atoms with van der Waals surface area (Å²) in [5.74, 6) is 0.0119. The first-order chi connectivity index (χ1) is 11.7. The smallest absolute Gasteiger partial charge is 0.265 e. The van der Waals surface area contributed by atoms with Crippen LogP contribution in [0.5, 0.6) is 5.75 Å². The van der Waals surface area contributed by atoms with Gasteiger partial charge in [0.1, 0.15) is 10.6 Å². The van der Waals surface area contributed by atoms with Crippen molar-refractivity contribution in [3.63, 3.8) is 0 Å². The summed E-state index contributed by atoms with van der Waals surface area (Å²) < 4.78 is 30.3. The largest absolute Gasteiger partial charge is 0.508 e. The molecular weight excluding hydrogens is 338 g/mol. The Morgan fingerprint density at radius 3 is 2.52 bits per heavy atom. The third-order valence-corrected chi connectivity index (χ3v) is 5.88. The number of nitrogens with one attached hydrogen (secondary N) is 1. The van der Waals surface area contributed by atoms with Crippen LogP contribution in [0.3, 0.4) is 0 Å². The lowest BCUT2D eigenvalue weighted by Crippen LogP contribution is -2.20. The van der Waals surface area contributed by atoms with Gasteiger partial charge in [-0.15, -0.1) is 0 Å². The van der Waals surface area contributed by atoms with Crippen LogP contribution in [0, 0.1) is 0 Å². The Morgan fingerprint density at radius 2 is 1.92 bits per heavy atom. The summed E-state index contributed by atoms with van der Waals surface area (Å²) in [6.07, 6.45) is 6.02. The number of hydrogen-bond acceptors (Lipinski definition) is 4. The molecule has 0 amide bonds. The molecule has 1 aromatic carbocycles. The van der Waals surface area contributed by atoms with Crippen molar-refractivity contribution in [2.24, 2.45) is 0 Å². The van der Waals surface area contributed by atoms with E-state index in [2.05, 4.69) is 9.82 Å². The van der Waals surface area contributed by atoms with E-state index in [-0.39, 0.29) is 16.7 Å². The molecule has 1 aliphatic carbocycles. The minimum Gasteiger partial charge on any atom is -0.508 e. The molecule has 25 heavy (non-hydrogen) atoms. The third kappa shape index (κ3) is 3.81. The summed E-state index contributed by atoms with van der Waals surface area (Å²) in [4.78, 5) is 0.204. The first kappa shape index (κ1) is 17.8. The molecule has 0 radical (unpaired) electrons. The number of nitrogens with zero attached hydrogens (tertiary/aromatic N) is 2. The highest BCUT2D eigenvalue weighted by atomic mass is 32.2. The van der Waals surface area contributed by atoms with E-state index >= 15 is 0 Å². The summed E-state index contributed by atoms with van der Waals surface area (Å²) in [6, 6.07) is 6.35. The molecule has 2 aromatic rings. The normalized spacial score (nSPS) is 16.3. The Balaban J connectivity index is 2.01. The van der Waals surface area contributed by atoms with Gasteiger partial charge in [-0.05, 0) is 25.0 Å². The average molecular weight is 363 g/mol. The average Bonchev–Trinajstić information content (AvgIpc) is 3.16. The second kappa shape index (κ2) is 6.37. The van der Waals surface area contributed by atoms with Crippen LogP contribution in [0.1, 0.15) is 58.2 Å². The van der Waals surface area contributed by atoms with Gasteiger partial charge in [-0.1, -0.05) is 39.7 Å². The Morgan fingerprint density at radius 1 is 1.24 bits per heavy atom. The van der Waals surface area contributed by atoms with E-state index in [0.717, 1.165) is 25.7 Å². The minimum atomic E-state index is -3.80. The summed E-state index contributed by atoms with van der Waals surface area (Å²) in [7, 11) is -3.80. The zero-order valence-electron chi connectivity index (χ0n) is 14.9. The number of phenolic OH excluding ortho intramolecular Hbond substituents is 1. The molecule has 1 heterocycles. The van der Waals surface area contributed by atoms with Crippen molar-refractivity contribution >= 4 is 15.7 Å².